The third-order valence-corrected chi connectivity index (χ3v) is 0.667. The molecule has 0 amide bonds. The maximum absolute atomic E-state index is 7.91. The smallest absolute Gasteiger partial charge is 0.0863 e. The summed E-state index contributed by atoms with van der Waals surface area (Å²) >= 11 is 0. The number of nitrogens with zero attached hydrogens (tertiary/aromatic N) is 1. The molecule has 0 rings (SSSR count). The Kier molecular flexibility index (Phi) is 10.7. The van der Waals surface area contributed by atoms with Gasteiger partial charge in [0.25, 0.3) is 0 Å². The van der Waals surface area contributed by atoms with Crippen LogP contribution in [0, 0.1) is 0 Å². The maximum Gasteiger partial charge on any atom is 0.0863 e. The molecule has 0 aromatic heterocycles. The molecule has 2 atom stereocenters. The molecule has 0 heterocycles. The van der Waals surface area contributed by atoms with Gasteiger partial charge in [0.05, 0.1) is 9.87 Å². The summed E-state index contributed by atoms with van der Waals surface area (Å²) in [5.41, 5.74) is 0. The number of rotatable bonds is 1. The van der Waals surface area contributed by atoms with Crippen molar-refractivity contribution >= 4 is 23.8 Å². The summed E-state index contributed by atoms with van der Waals surface area (Å²) in [5.74, 6) is 0. The van der Waals surface area contributed by atoms with E-state index < -0.39 is 6.38 Å². The van der Waals surface area contributed by atoms with E-state index in [-0.39, 0.29) is 27.1 Å². The summed E-state index contributed by atoms with van der Waals surface area (Å²) in [6.45, 7) is 0. The Morgan fingerprint density at radius 2 is 2.67 bits per heavy atom. The molecule has 0 fully saturated rings. The molecular weight excluding hydrogens is 155 g/mol. The second kappa shape index (κ2) is 9.32. The van der Waals surface area contributed by atoms with Crippen LogP contribution >= 0.6 is 17.4 Å². The predicted molar refractivity (Wildman–Crippen MR) is 28.5 cm³/mol. The summed E-state index contributed by atoms with van der Waals surface area (Å²) in [6, 6.07) is 0. The van der Waals surface area contributed by atoms with E-state index in [2.05, 4.69) is 13.5 Å². The summed E-state index contributed by atoms with van der Waals surface area (Å²) in [5, 5.41) is 7.91. The summed E-state index contributed by atoms with van der Waals surface area (Å²) in [6.07, 6.45) is -0.719. The molecule has 2 unspecified atom stereocenters. The minimum Gasteiger partial charge on any atom is -0.778 e. The Labute approximate surface area is 54.2 Å². The summed E-state index contributed by atoms with van der Waals surface area (Å²) < 4.78 is 10.4. The minimum absolute atomic E-state index is 0. The van der Waals surface area contributed by atoms with Crippen LogP contribution in [0.2, 0.25) is 0 Å². The van der Waals surface area contributed by atoms with Crippen molar-refractivity contribution in [1.29, 1.82) is 0 Å². The van der Waals surface area contributed by atoms with Crippen LogP contribution in [-0.2, 0) is 23.1 Å². The Balaban J connectivity index is 0. The molecule has 0 N–H and O–H groups in total. The molecule has 35 valence electrons. The van der Waals surface area contributed by atoms with Gasteiger partial charge in [0, 0.05) is 18.6 Å². The molecule has 5 heteroatoms. The Hall–Kier alpha value is 0.914. The topological polar surface area (TPSA) is 31.5 Å². The zero-order valence-corrected chi connectivity index (χ0v) is 6.43. The first-order chi connectivity index (χ1) is 2.77. The van der Waals surface area contributed by atoms with E-state index in [1.54, 1.807) is 0 Å². The Morgan fingerprint density at radius 3 is 2.67 bits per heavy atom. The second-order valence-electron chi connectivity index (χ2n) is 0.311. The van der Waals surface area contributed by atoms with Crippen molar-refractivity contribution in [1.82, 2.24) is 0 Å². The van der Waals surface area contributed by atoms with Gasteiger partial charge in [-0.05, 0) is 6.38 Å². The molecule has 0 saturated heterocycles. The van der Waals surface area contributed by atoms with Crippen LogP contribution in [0.15, 0.2) is 0 Å². The van der Waals surface area contributed by atoms with Crippen LogP contribution in [-0.4, -0.2) is 6.38 Å². The van der Waals surface area contributed by atoms with E-state index in [9.17, 15) is 0 Å². The van der Waals surface area contributed by atoms with Gasteiger partial charge in [-0.15, -0.1) is 0 Å². The van der Waals surface area contributed by atoms with E-state index >= 15 is 0 Å². The maximum atomic E-state index is 7.91. The van der Waals surface area contributed by atoms with Crippen LogP contribution in [0.4, 0.5) is 0 Å². The van der Waals surface area contributed by atoms with Crippen molar-refractivity contribution in [3.63, 3.8) is 0 Å². The molecule has 0 aliphatic carbocycles. The van der Waals surface area contributed by atoms with Crippen LogP contribution in [0.1, 0.15) is 1.37 Å². The van der Waals surface area contributed by atoms with Gasteiger partial charge in [0.2, 0.25) is 0 Å². The first kappa shape index (κ1) is 6.91. The van der Waals surface area contributed by atoms with E-state index in [0.717, 1.165) is 0 Å². The average Bonchev–Trinajstić information content (AvgIpc) is 1.35. The number of hydrogen-bond donors (Lipinski definition) is 0. The van der Waals surface area contributed by atoms with Crippen molar-refractivity contribution in [3.05, 3.63) is 5.41 Å². The third kappa shape index (κ3) is 8.87. The number of hydrogen-bond acceptors (Lipinski definition) is 1. The first-order valence-corrected chi connectivity index (χ1v) is 3.64. The van der Waals surface area contributed by atoms with Crippen molar-refractivity contribution in [2.45, 2.75) is 0 Å². The molecular formula is CH4NOP2V-. The molecule has 0 aliphatic rings. The predicted octanol–water partition coefficient (Wildman–Crippen LogP) is 0.982. The zero-order chi connectivity index (χ0) is 4.99. The molecule has 2 nitrogen and oxygen atoms in total. The van der Waals surface area contributed by atoms with Gasteiger partial charge in [0.1, 0.15) is 0 Å². The van der Waals surface area contributed by atoms with Crippen molar-refractivity contribution < 1.29 is 24.5 Å². The Morgan fingerprint density at radius 1 is 2.17 bits per heavy atom. The van der Waals surface area contributed by atoms with Gasteiger partial charge >= 0.3 is 0 Å². The zero-order valence-electron chi connectivity index (χ0n) is 3.88. The molecule has 0 saturated carbocycles. The van der Waals surface area contributed by atoms with Crippen molar-refractivity contribution in [2.75, 3.05) is 0 Å². The van der Waals surface area contributed by atoms with Crippen molar-refractivity contribution in [2.24, 2.45) is 0 Å². The van der Waals surface area contributed by atoms with Crippen LogP contribution < -0.4 is 0 Å². The van der Waals surface area contributed by atoms with Crippen LogP contribution in [0.3, 0.4) is 0 Å². The van der Waals surface area contributed by atoms with Gasteiger partial charge in [-0.25, -0.2) is 0 Å². The largest absolute Gasteiger partial charge is 0.778 e. The average molecular weight is 160 g/mol. The SMILES string of the molecule is [2H]C(=[N-])OPP.[V]. The quantitative estimate of drug-likeness (QED) is 0.319. The standard InChI is InChI=1S/CH4NOP2.V/c2-1-3-5-4;/h1,5H,4H2;/q-1;/i1D;. The normalized spacial score (nSPS) is 9.83. The first-order valence-electron chi connectivity index (χ1n) is 1.42. The molecule has 0 aliphatic heterocycles. The molecule has 6 heavy (non-hydrogen) atoms. The third-order valence-electron chi connectivity index (χ3n) is 0.105. The Bertz CT molecular complexity index is 61.7. The van der Waals surface area contributed by atoms with Crippen LogP contribution in [0.5, 0.6) is 0 Å². The summed E-state index contributed by atoms with van der Waals surface area (Å²) in [7, 11) is 2.31. The fourth-order valence-corrected chi connectivity index (χ4v) is 0.237. The van der Waals surface area contributed by atoms with Gasteiger partial charge < -0.3 is 9.93 Å². The van der Waals surface area contributed by atoms with E-state index in [0.29, 0.717) is 0 Å². The van der Waals surface area contributed by atoms with Crippen LogP contribution in [0.25, 0.3) is 5.41 Å². The molecule has 0 spiro atoms. The van der Waals surface area contributed by atoms with Gasteiger partial charge in [-0.1, -0.05) is 8.93 Å². The molecule has 1 radical (unpaired) electrons. The van der Waals surface area contributed by atoms with E-state index in [1.165, 1.54) is 0 Å². The fourth-order valence-electron chi connectivity index (χ4n) is 0.0264. The molecule has 0 aromatic carbocycles. The second-order valence-corrected chi connectivity index (χ2v) is 1.46. The molecule has 0 aromatic rings. The monoisotopic (exact) mass is 160 g/mol. The van der Waals surface area contributed by atoms with Gasteiger partial charge in [0.15, 0.2) is 0 Å². The molecule has 0 bridgehead atoms. The summed E-state index contributed by atoms with van der Waals surface area (Å²) in [4.78, 5) is 0. The fraction of sp³-hybridized carbons (Fsp3) is 0. The van der Waals surface area contributed by atoms with Gasteiger partial charge in [-0.3, -0.25) is 0 Å². The van der Waals surface area contributed by atoms with Gasteiger partial charge in [-0.2, -0.15) is 0 Å². The van der Waals surface area contributed by atoms with Crippen molar-refractivity contribution in [3.8, 4) is 0 Å². The van der Waals surface area contributed by atoms with E-state index in [1.807, 2.05) is 0 Å². The minimum atomic E-state index is -0.719. The van der Waals surface area contributed by atoms with E-state index in [4.69, 9.17) is 6.78 Å².